The van der Waals surface area contributed by atoms with E-state index in [1.54, 1.807) is 0 Å². The Kier molecular flexibility index (Phi) is 16.4. The van der Waals surface area contributed by atoms with Crippen molar-refractivity contribution in [1.29, 1.82) is 0 Å². The molecule has 2 unspecified atom stereocenters. The van der Waals surface area contributed by atoms with Gasteiger partial charge in [-0.2, -0.15) is 0 Å². The van der Waals surface area contributed by atoms with Crippen LogP contribution in [0.15, 0.2) is 0 Å². The van der Waals surface area contributed by atoms with Gasteiger partial charge in [0, 0.05) is 0 Å². The molecule has 21 heavy (non-hydrogen) atoms. The van der Waals surface area contributed by atoms with E-state index in [1.165, 1.54) is 96.3 Å². The van der Waals surface area contributed by atoms with Crippen molar-refractivity contribution in [3.8, 4) is 0 Å². The van der Waals surface area contributed by atoms with Gasteiger partial charge in [-0.25, -0.2) is 0 Å². The smallest absolute Gasteiger partial charge is 0.0412 e. The topological polar surface area (TPSA) is 0 Å². The average molecular weight is 297 g/mol. The van der Waals surface area contributed by atoms with Gasteiger partial charge in [0.25, 0.3) is 0 Å². The average Bonchev–Trinajstić information content (AvgIpc) is 2.47. The van der Waals surface area contributed by atoms with Crippen molar-refractivity contribution in [2.75, 3.05) is 0 Å². The molecular formula is C21H44. The van der Waals surface area contributed by atoms with Crippen LogP contribution in [0.5, 0.6) is 0 Å². The second kappa shape index (κ2) is 16.4. The van der Waals surface area contributed by atoms with Crippen molar-refractivity contribution < 1.29 is 0 Å². The largest absolute Gasteiger partial charge is 0.0654 e. The van der Waals surface area contributed by atoms with E-state index in [0.29, 0.717) is 0 Å². The maximum atomic E-state index is 2.50. The molecule has 0 saturated heterocycles. The first kappa shape index (κ1) is 21.0. The Morgan fingerprint density at radius 2 is 1.05 bits per heavy atom. The zero-order valence-electron chi connectivity index (χ0n) is 15.8. The van der Waals surface area contributed by atoms with E-state index in [1.807, 2.05) is 0 Å². The molecule has 0 heterocycles. The highest BCUT2D eigenvalue weighted by Crippen LogP contribution is 2.26. The van der Waals surface area contributed by atoms with Crippen LogP contribution < -0.4 is 0 Å². The Bertz CT molecular complexity index is 184. The highest BCUT2D eigenvalue weighted by Gasteiger charge is 2.12. The highest BCUT2D eigenvalue weighted by atomic mass is 14.2. The molecule has 0 spiro atoms. The van der Waals surface area contributed by atoms with Gasteiger partial charge >= 0.3 is 0 Å². The molecular weight excluding hydrogens is 252 g/mol. The van der Waals surface area contributed by atoms with Gasteiger partial charge in [0.15, 0.2) is 0 Å². The summed E-state index contributed by atoms with van der Waals surface area (Å²) in [6.45, 7) is 9.47. The van der Waals surface area contributed by atoms with E-state index < -0.39 is 0 Å². The predicted octanol–water partition coefficient (Wildman–Crippen LogP) is 8.15. The van der Waals surface area contributed by atoms with Crippen LogP contribution in [0.4, 0.5) is 0 Å². The lowest BCUT2D eigenvalue weighted by molar-refractivity contribution is 0.319. The maximum absolute atomic E-state index is 2.50. The van der Waals surface area contributed by atoms with E-state index in [2.05, 4.69) is 27.7 Å². The Balaban J connectivity index is 3.68. The minimum Gasteiger partial charge on any atom is -0.0654 e. The van der Waals surface area contributed by atoms with E-state index in [4.69, 9.17) is 0 Å². The van der Waals surface area contributed by atoms with Crippen molar-refractivity contribution in [3.05, 3.63) is 0 Å². The van der Waals surface area contributed by atoms with Crippen molar-refractivity contribution >= 4 is 0 Å². The maximum Gasteiger partial charge on any atom is -0.0412 e. The number of unbranched alkanes of at least 4 members (excludes halogenated alkanes) is 8. The van der Waals surface area contributed by atoms with Crippen molar-refractivity contribution in [2.45, 2.75) is 124 Å². The van der Waals surface area contributed by atoms with Crippen LogP contribution in [0.25, 0.3) is 0 Å². The molecule has 0 N–H and O–H groups in total. The predicted molar refractivity (Wildman–Crippen MR) is 98.9 cm³/mol. The molecule has 0 amide bonds. The van der Waals surface area contributed by atoms with Crippen molar-refractivity contribution in [1.82, 2.24) is 0 Å². The normalized spacial score (nSPS) is 14.3. The van der Waals surface area contributed by atoms with Crippen LogP contribution in [0, 0.1) is 11.8 Å². The van der Waals surface area contributed by atoms with Crippen LogP contribution >= 0.6 is 0 Å². The first-order valence-corrected chi connectivity index (χ1v) is 10.2. The Morgan fingerprint density at radius 3 is 1.57 bits per heavy atom. The van der Waals surface area contributed by atoms with Crippen molar-refractivity contribution in [2.24, 2.45) is 11.8 Å². The van der Waals surface area contributed by atoms with E-state index in [0.717, 1.165) is 11.8 Å². The van der Waals surface area contributed by atoms with Gasteiger partial charge in [-0.05, 0) is 18.3 Å². The highest BCUT2D eigenvalue weighted by molar-refractivity contribution is 4.65. The first-order valence-electron chi connectivity index (χ1n) is 10.2. The third kappa shape index (κ3) is 14.7. The molecule has 0 rings (SSSR count). The zero-order chi connectivity index (χ0) is 15.8. The van der Waals surface area contributed by atoms with Crippen LogP contribution in [0.2, 0.25) is 0 Å². The minimum absolute atomic E-state index is 0.957. The van der Waals surface area contributed by atoms with Gasteiger partial charge in [0.2, 0.25) is 0 Å². The first-order chi connectivity index (χ1) is 10.2. The van der Waals surface area contributed by atoms with E-state index >= 15 is 0 Å². The summed E-state index contributed by atoms with van der Waals surface area (Å²) in [7, 11) is 0. The summed E-state index contributed by atoms with van der Waals surface area (Å²) in [6, 6.07) is 0. The molecule has 0 aromatic carbocycles. The second-order valence-corrected chi connectivity index (χ2v) is 7.40. The molecule has 0 radical (unpaired) electrons. The van der Waals surface area contributed by atoms with E-state index in [9.17, 15) is 0 Å². The van der Waals surface area contributed by atoms with Crippen LogP contribution in [0.1, 0.15) is 124 Å². The molecule has 0 aliphatic carbocycles. The summed E-state index contributed by atoms with van der Waals surface area (Å²) in [5.74, 6) is 1.97. The van der Waals surface area contributed by atoms with Gasteiger partial charge < -0.3 is 0 Å². The summed E-state index contributed by atoms with van der Waals surface area (Å²) in [4.78, 5) is 0. The van der Waals surface area contributed by atoms with Gasteiger partial charge in [0.1, 0.15) is 0 Å². The molecule has 2 atom stereocenters. The number of rotatable bonds is 16. The quantitative estimate of drug-likeness (QED) is 0.252. The third-order valence-corrected chi connectivity index (χ3v) is 4.95. The Morgan fingerprint density at radius 1 is 0.524 bits per heavy atom. The molecule has 0 aromatic heterocycles. The third-order valence-electron chi connectivity index (χ3n) is 4.95. The molecule has 0 heteroatoms. The van der Waals surface area contributed by atoms with E-state index in [-0.39, 0.29) is 0 Å². The summed E-state index contributed by atoms with van der Waals surface area (Å²) in [5.41, 5.74) is 0. The van der Waals surface area contributed by atoms with Crippen LogP contribution in [0.3, 0.4) is 0 Å². The molecule has 0 aliphatic heterocycles. The monoisotopic (exact) mass is 296 g/mol. The lowest BCUT2D eigenvalue weighted by Crippen LogP contribution is -2.07. The lowest BCUT2D eigenvalue weighted by atomic mass is 9.85. The standard InChI is InChI=1S/C21H44/c1-5-8-10-12-14-17-20(4)19-21(16-7-3)18-15-13-11-9-6-2/h20-21H,5-19H2,1-4H3. The number of hydrogen-bond acceptors (Lipinski definition) is 0. The van der Waals surface area contributed by atoms with Crippen LogP contribution in [-0.4, -0.2) is 0 Å². The van der Waals surface area contributed by atoms with Crippen LogP contribution in [-0.2, 0) is 0 Å². The Hall–Kier alpha value is 0. The molecule has 0 aromatic rings. The van der Waals surface area contributed by atoms with Gasteiger partial charge in [-0.3, -0.25) is 0 Å². The zero-order valence-corrected chi connectivity index (χ0v) is 15.8. The van der Waals surface area contributed by atoms with Gasteiger partial charge in [-0.1, -0.05) is 118 Å². The fraction of sp³-hybridized carbons (Fsp3) is 1.00. The number of hydrogen-bond donors (Lipinski definition) is 0. The fourth-order valence-corrected chi connectivity index (χ4v) is 3.61. The molecule has 128 valence electrons. The SMILES string of the molecule is CCCCCCCC(C)CC(CCC)CCCCCCC. The summed E-state index contributed by atoms with van der Waals surface area (Å²) in [6.07, 6.45) is 21.7. The summed E-state index contributed by atoms with van der Waals surface area (Å²) in [5, 5.41) is 0. The van der Waals surface area contributed by atoms with Gasteiger partial charge in [-0.15, -0.1) is 0 Å². The minimum atomic E-state index is 0.957. The van der Waals surface area contributed by atoms with Crippen molar-refractivity contribution in [3.63, 3.8) is 0 Å². The Labute approximate surface area is 136 Å². The molecule has 0 aliphatic rings. The summed E-state index contributed by atoms with van der Waals surface area (Å²) >= 11 is 0. The fourth-order valence-electron chi connectivity index (χ4n) is 3.61. The molecule has 0 fully saturated rings. The molecule has 0 nitrogen and oxygen atoms in total. The lowest BCUT2D eigenvalue weighted by Gasteiger charge is -2.20. The second-order valence-electron chi connectivity index (χ2n) is 7.40. The van der Waals surface area contributed by atoms with Gasteiger partial charge in [0.05, 0.1) is 0 Å². The summed E-state index contributed by atoms with van der Waals surface area (Å²) < 4.78 is 0. The molecule has 0 bridgehead atoms. The molecule has 0 saturated carbocycles.